The third kappa shape index (κ3) is 6.02. The van der Waals surface area contributed by atoms with Crippen LogP contribution >= 0.6 is 12.2 Å². The van der Waals surface area contributed by atoms with E-state index in [0.717, 1.165) is 83.6 Å². The maximum Gasteiger partial charge on any atom is 0.232 e. The van der Waals surface area contributed by atoms with Crippen LogP contribution in [0.5, 0.6) is 0 Å². The smallest absolute Gasteiger partial charge is 0.232 e. The van der Waals surface area contributed by atoms with Crippen molar-refractivity contribution in [2.45, 2.75) is 37.5 Å². The number of piperidine rings is 1. The quantitative estimate of drug-likeness (QED) is 0.586. The molecule has 8 nitrogen and oxygen atoms in total. The van der Waals surface area contributed by atoms with Gasteiger partial charge in [-0.3, -0.25) is 0 Å². The summed E-state index contributed by atoms with van der Waals surface area (Å²) in [6.45, 7) is 7.44. The second-order valence-electron chi connectivity index (χ2n) is 9.62. The van der Waals surface area contributed by atoms with E-state index in [0.29, 0.717) is 11.1 Å². The molecule has 188 valence electrons. The van der Waals surface area contributed by atoms with Crippen LogP contribution in [0.1, 0.15) is 37.7 Å². The van der Waals surface area contributed by atoms with Gasteiger partial charge in [0.2, 0.25) is 5.95 Å². The Bertz CT molecular complexity index is 937. The first-order valence-corrected chi connectivity index (χ1v) is 13.3. The number of aromatic nitrogens is 2. The highest BCUT2D eigenvalue weighted by atomic mass is 32.1. The molecule has 0 radical (unpaired) electrons. The van der Waals surface area contributed by atoms with Crippen LogP contribution in [0.3, 0.4) is 0 Å². The molecule has 0 spiro atoms. The van der Waals surface area contributed by atoms with Gasteiger partial charge in [-0.2, -0.15) is 9.97 Å². The number of hydrogen-bond donors (Lipinski definition) is 2. The first-order chi connectivity index (χ1) is 17.2. The Morgan fingerprint density at radius 1 is 0.857 bits per heavy atom. The van der Waals surface area contributed by atoms with Gasteiger partial charge in [0.25, 0.3) is 0 Å². The van der Waals surface area contributed by atoms with Crippen molar-refractivity contribution in [1.29, 1.82) is 0 Å². The van der Waals surface area contributed by atoms with Crippen LogP contribution in [0.25, 0.3) is 0 Å². The van der Waals surface area contributed by atoms with E-state index in [4.69, 9.17) is 31.7 Å². The molecule has 3 aliphatic heterocycles. The largest absolute Gasteiger partial charge is 0.381 e. The van der Waals surface area contributed by atoms with Crippen molar-refractivity contribution in [2.75, 3.05) is 74.3 Å². The summed E-state index contributed by atoms with van der Waals surface area (Å²) in [5, 5.41) is 7.32. The van der Waals surface area contributed by atoms with Gasteiger partial charge >= 0.3 is 0 Å². The van der Waals surface area contributed by atoms with Gasteiger partial charge in [-0.1, -0.05) is 30.3 Å². The fraction of sp³-hybridized carbons (Fsp3) is 0.577. The molecule has 2 N–H and O–H groups in total. The number of nitrogens with one attached hydrogen (secondary N) is 2. The molecule has 4 heterocycles. The molecule has 5 rings (SSSR count). The van der Waals surface area contributed by atoms with Crippen LogP contribution in [0.4, 0.5) is 17.6 Å². The van der Waals surface area contributed by atoms with E-state index in [-0.39, 0.29) is 5.41 Å². The highest BCUT2D eigenvalue weighted by molar-refractivity contribution is 7.80. The van der Waals surface area contributed by atoms with Crippen molar-refractivity contribution in [2.24, 2.45) is 0 Å². The number of rotatable bonds is 6. The molecule has 0 aliphatic carbocycles. The zero-order chi connectivity index (χ0) is 23.9. The molecule has 9 heteroatoms. The number of anilines is 3. The summed E-state index contributed by atoms with van der Waals surface area (Å²) in [5.74, 6) is 2.45. The maximum atomic E-state index is 5.72. The Morgan fingerprint density at radius 2 is 1.49 bits per heavy atom. The van der Waals surface area contributed by atoms with E-state index < -0.39 is 0 Å². The Balaban J connectivity index is 1.31. The summed E-state index contributed by atoms with van der Waals surface area (Å²) >= 11 is 5.72. The molecule has 35 heavy (non-hydrogen) atoms. The highest BCUT2D eigenvalue weighted by Crippen LogP contribution is 2.34. The van der Waals surface area contributed by atoms with Gasteiger partial charge in [0.1, 0.15) is 11.6 Å². The zero-order valence-electron chi connectivity index (χ0n) is 20.4. The predicted molar refractivity (Wildman–Crippen MR) is 144 cm³/mol. The lowest BCUT2D eigenvalue weighted by Gasteiger charge is -2.38. The van der Waals surface area contributed by atoms with Crippen molar-refractivity contribution in [3.05, 3.63) is 42.0 Å². The number of ether oxygens (including phenoxy) is 2. The standard InChI is InChI=1S/C26H36N6O2S/c35-25(27-20-26(9-15-33-16-10-26)21-7-3-1-4-8-21)30-24-28-22(31-11-5-2-6-12-31)19-23(29-24)32-13-17-34-18-14-32/h1,3-4,7-8,19H,2,5-6,9-18,20H2,(H2,27,28,29,30,35). The van der Waals surface area contributed by atoms with E-state index in [9.17, 15) is 0 Å². The number of morpholine rings is 1. The topological polar surface area (TPSA) is 74.8 Å². The maximum absolute atomic E-state index is 5.72. The molecule has 0 saturated carbocycles. The molecule has 0 unspecified atom stereocenters. The number of thiocarbonyl (C=S) groups is 1. The lowest BCUT2D eigenvalue weighted by atomic mass is 9.74. The van der Waals surface area contributed by atoms with E-state index in [1.165, 1.54) is 24.8 Å². The lowest BCUT2D eigenvalue weighted by Crippen LogP contribution is -2.45. The van der Waals surface area contributed by atoms with E-state index >= 15 is 0 Å². The minimum absolute atomic E-state index is 0.000712. The van der Waals surface area contributed by atoms with Crippen LogP contribution in [0.2, 0.25) is 0 Å². The summed E-state index contributed by atoms with van der Waals surface area (Å²) < 4.78 is 11.2. The van der Waals surface area contributed by atoms with Gasteiger partial charge in [0.05, 0.1) is 13.2 Å². The average molecular weight is 497 g/mol. The van der Waals surface area contributed by atoms with Crippen LogP contribution in [-0.2, 0) is 14.9 Å². The van der Waals surface area contributed by atoms with E-state index in [2.05, 4.69) is 56.8 Å². The zero-order valence-corrected chi connectivity index (χ0v) is 21.2. The Hall–Kier alpha value is -2.49. The highest BCUT2D eigenvalue weighted by Gasteiger charge is 2.34. The number of nitrogens with zero attached hydrogens (tertiary/aromatic N) is 4. The Kier molecular flexibility index (Phi) is 7.95. The van der Waals surface area contributed by atoms with Crippen LogP contribution in [-0.4, -0.2) is 74.2 Å². The molecule has 3 saturated heterocycles. The Morgan fingerprint density at radius 3 is 2.17 bits per heavy atom. The van der Waals surface area contributed by atoms with E-state index in [1.54, 1.807) is 0 Å². The minimum Gasteiger partial charge on any atom is -0.381 e. The fourth-order valence-electron chi connectivity index (χ4n) is 5.23. The molecule has 3 fully saturated rings. The Labute approximate surface area is 213 Å². The first-order valence-electron chi connectivity index (χ1n) is 12.9. The number of hydrogen-bond acceptors (Lipinski definition) is 7. The fourth-order valence-corrected chi connectivity index (χ4v) is 5.40. The second kappa shape index (κ2) is 11.5. The van der Waals surface area contributed by atoms with Gasteiger partial charge in [0, 0.05) is 57.4 Å². The average Bonchev–Trinajstić information content (AvgIpc) is 2.94. The molecule has 1 aromatic carbocycles. The molecule has 0 amide bonds. The second-order valence-corrected chi connectivity index (χ2v) is 10.0. The third-order valence-corrected chi connectivity index (χ3v) is 7.61. The first kappa shape index (κ1) is 24.2. The van der Waals surface area contributed by atoms with Gasteiger partial charge in [0.15, 0.2) is 5.11 Å². The molecule has 3 aliphatic rings. The van der Waals surface area contributed by atoms with Gasteiger partial charge in [-0.15, -0.1) is 0 Å². The van der Waals surface area contributed by atoms with Crippen molar-refractivity contribution in [3.8, 4) is 0 Å². The third-order valence-electron chi connectivity index (χ3n) is 7.36. The van der Waals surface area contributed by atoms with Crippen LogP contribution < -0.4 is 20.4 Å². The van der Waals surface area contributed by atoms with Crippen molar-refractivity contribution in [1.82, 2.24) is 15.3 Å². The van der Waals surface area contributed by atoms with Crippen LogP contribution in [0.15, 0.2) is 36.4 Å². The predicted octanol–water partition coefficient (Wildman–Crippen LogP) is 3.34. The summed E-state index contributed by atoms with van der Waals surface area (Å²) in [6, 6.07) is 12.8. The molecular weight excluding hydrogens is 460 g/mol. The molecule has 0 atom stereocenters. The van der Waals surface area contributed by atoms with Crippen molar-refractivity contribution >= 4 is 34.9 Å². The van der Waals surface area contributed by atoms with Gasteiger partial charge in [-0.25, -0.2) is 0 Å². The van der Waals surface area contributed by atoms with Crippen LogP contribution in [0, 0.1) is 0 Å². The summed E-state index contributed by atoms with van der Waals surface area (Å²) in [4.78, 5) is 14.3. The van der Waals surface area contributed by atoms with E-state index in [1.807, 2.05) is 0 Å². The monoisotopic (exact) mass is 496 g/mol. The minimum atomic E-state index is 0.000712. The molecular formula is C26H36N6O2S. The lowest BCUT2D eigenvalue weighted by molar-refractivity contribution is 0.0515. The number of benzene rings is 1. The normalized spacial score (nSPS) is 20.3. The van der Waals surface area contributed by atoms with Crippen molar-refractivity contribution in [3.63, 3.8) is 0 Å². The molecule has 0 bridgehead atoms. The summed E-state index contributed by atoms with van der Waals surface area (Å²) in [5.41, 5.74) is 1.33. The molecule has 1 aromatic heterocycles. The van der Waals surface area contributed by atoms with Gasteiger partial charge in [-0.05, 0) is 49.9 Å². The van der Waals surface area contributed by atoms with Crippen molar-refractivity contribution < 1.29 is 9.47 Å². The summed E-state index contributed by atoms with van der Waals surface area (Å²) in [7, 11) is 0. The van der Waals surface area contributed by atoms with Gasteiger partial charge < -0.3 is 29.9 Å². The molecule has 2 aromatic rings. The SMILES string of the molecule is S=C(NCC1(c2ccccc2)CCOCC1)Nc1nc(N2CCCCC2)cc(N2CCOCC2)n1. The summed E-state index contributed by atoms with van der Waals surface area (Å²) in [6.07, 6.45) is 5.62.